The van der Waals surface area contributed by atoms with Crippen LogP contribution in [0.15, 0.2) is 30.3 Å². The lowest BCUT2D eigenvalue weighted by Crippen LogP contribution is -2.37. The Kier molecular flexibility index (Phi) is 6.63. The standard InChI is InChI=1S/C20H27NO5/c1-15(25-13-18-8-5-11-24-18)20(23)26-14-19(22)21(17-9-10-17)12-16-6-3-2-4-7-16/h2-4,6-7,15,17-18H,5,8-14H2,1H3. The Balaban J connectivity index is 1.42. The molecule has 1 aromatic carbocycles. The van der Waals surface area contributed by atoms with Crippen molar-refractivity contribution in [3.8, 4) is 0 Å². The van der Waals surface area contributed by atoms with E-state index < -0.39 is 12.1 Å². The third-order valence-electron chi connectivity index (χ3n) is 4.73. The van der Waals surface area contributed by atoms with E-state index >= 15 is 0 Å². The summed E-state index contributed by atoms with van der Waals surface area (Å²) in [5.41, 5.74) is 1.08. The van der Waals surface area contributed by atoms with Crippen LogP contribution < -0.4 is 0 Å². The van der Waals surface area contributed by atoms with Crippen molar-refractivity contribution in [2.75, 3.05) is 19.8 Å². The molecule has 1 saturated heterocycles. The van der Waals surface area contributed by atoms with Crippen LogP contribution in [0.2, 0.25) is 0 Å². The summed E-state index contributed by atoms with van der Waals surface area (Å²) in [4.78, 5) is 26.4. The maximum absolute atomic E-state index is 12.5. The van der Waals surface area contributed by atoms with Crippen LogP contribution in [-0.4, -0.2) is 54.8 Å². The summed E-state index contributed by atoms with van der Waals surface area (Å²) in [5, 5.41) is 0. The Morgan fingerprint density at radius 3 is 2.65 bits per heavy atom. The van der Waals surface area contributed by atoms with E-state index in [1.54, 1.807) is 11.8 Å². The molecule has 0 spiro atoms. The number of esters is 1. The quantitative estimate of drug-likeness (QED) is 0.632. The zero-order chi connectivity index (χ0) is 18.4. The fraction of sp³-hybridized carbons (Fsp3) is 0.600. The van der Waals surface area contributed by atoms with Crippen LogP contribution >= 0.6 is 0 Å². The van der Waals surface area contributed by atoms with E-state index in [2.05, 4.69) is 0 Å². The number of amides is 1. The Labute approximate surface area is 154 Å². The molecule has 2 aliphatic rings. The lowest BCUT2D eigenvalue weighted by molar-refractivity contribution is -0.163. The van der Waals surface area contributed by atoms with Gasteiger partial charge in [-0.15, -0.1) is 0 Å². The first-order valence-corrected chi connectivity index (χ1v) is 9.36. The predicted octanol–water partition coefficient (Wildman–Crippen LogP) is 2.30. The van der Waals surface area contributed by atoms with Crippen LogP contribution in [0.3, 0.4) is 0 Å². The lowest BCUT2D eigenvalue weighted by atomic mass is 10.2. The molecule has 26 heavy (non-hydrogen) atoms. The zero-order valence-electron chi connectivity index (χ0n) is 15.3. The van der Waals surface area contributed by atoms with Gasteiger partial charge in [-0.25, -0.2) is 4.79 Å². The molecule has 0 aromatic heterocycles. The third kappa shape index (κ3) is 5.54. The highest BCUT2D eigenvalue weighted by Crippen LogP contribution is 2.28. The largest absolute Gasteiger partial charge is 0.454 e. The highest BCUT2D eigenvalue weighted by Gasteiger charge is 2.33. The number of benzene rings is 1. The molecule has 0 radical (unpaired) electrons. The Hall–Kier alpha value is -1.92. The van der Waals surface area contributed by atoms with E-state index in [1.807, 2.05) is 30.3 Å². The van der Waals surface area contributed by atoms with Crippen molar-refractivity contribution in [3.05, 3.63) is 35.9 Å². The molecule has 2 fully saturated rings. The Morgan fingerprint density at radius 1 is 1.23 bits per heavy atom. The summed E-state index contributed by atoms with van der Waals surface area (Å²) < 4.78 is 16.2. The van der Waals surface area contributed by atoms with E-state index in [0.717, 1.165) is 37.9 Å². The van der Waals surface area contributed by atoms with E-state index in [9.17, 15) is 9.59 Å². The van der Waals surface area contributed by atoms with Crippen molar-refractivity contribution in [3.63, 3.8) is 0 Å². The van der Waals surface area contributed by atoms with Crippen LogP contribution in [0.25, 0.3) is 0 Å². The maximum Gasteiger partial charge on any atom is 0.335 e. The molecule has 1 aliphatic carbocycles. The Bertz CT molecular complexity index is 595. The number of carbonyl (C=O) groups excluding carboxylic acids is 2. The van der Waals surface area contributed by atoms with Crippen LogP contribution in [0.1, 0.15) is 38.2 Å². The first kappa shape index (κ1) is 18.9. The van der Waals surface area contributed by atoms with Gasteiger partial charge in [0, 0.05) is 19.2 Å². The fourth-order valence-electron chi connectivity index (χ4n) is 3.02. The minimum atomic E-state index is -0.699. The molecular weight excluding hydrogens is 334 g/mol. The molecule has 1 aromatic rings. The molecule has 6 nitrogen and oxygen atoms in total. The molecule has 1 heterocycles. The van der Waals surface area contributed by atoms with Crippen molar-refractivity contribution >= 4 is 11.9 Å². The number of ether oxygens (including phenoxy) is 3. The molecule has 2 atom stereocenters. The first-order valence-electron chi connectivity index (χ1n) is 9.36. The summed E-state index contributed by atoms with van der Waals surface area (Å²) in [6, 6.07) is 10.1. The molecule has 6 heteroatoms. The van der Waals surface area contributed by atoms with Crippen LogP contribution in [0.5, 0.6) is 0 Å². The summed E-state index contributed by atoms with van der Waals surface area (Å²) in [7, 11) is 0. The topological polar surface area (TPSA) is 65.1 Å². The van der Waals surface area contributed by atoms with Gasteiger partial charge in [0.2, 0.25) is 0 Å². The van der Waals surface area contributed by atoms with Gasteiger partial charge in [0.1, 0.15) is 0 Å². The lowest BCUT2D eigenvalue weighted by Gasteiger charge is -2.23. The van der Waals surface area contributed by atoms with Crippen molar-refractivity contribution in [2.45, 2.75) is 57.4 Å². The molecule has 3 rings (SSSR count). The van der Waals surface area contributed by atoms with Crippen molar-refractivity contribution in [2.24, 2.45) is 0 Å². The molecule has 1 aliphatic heterocycles. The average molecular weight is 361 g/mol. The SMILES string of the molecule is CC(OCC1CCCO1)C(=O)OCC(=O)N(Cc1ccccc1)C1CC1. The van der Waals surface area contributed by atoms with E-state index in [4.69, 9.17) is 14.2 Å². The molecule has 1 amide bonds. The number of carbonyl (C=O) groups is 2. The Morgan fingerprint density at radius 2 is 2.00 bits per heavy atom. The minimum Gasteiger partial charge on any atom is -0.454 e. The van der Waals surface area contributed by atoms with Crippen molar-refractivity contribution in [1.82, 2.24) is 4.90 Å². The molecule has 0 N–H and O–H groups in total. The number of rotatable bonds is 9. The van der Waals surface area contributed by atoms with Gasteiger partial charge in [-0.3, -0.25) is 4.79 Å². The van der Waals surface area contributed by atoms with Crippen LogP contribution in [-0.2, 0) is 30.3 Å². The van der Waals surface area contributed by atoms with Gasteiger partial charge in [-0.1, -0.05) is 30.3 Å². The summed E-state index contributed by atoms with van der Waals surface area (Å²) in [6.07, 6.45) is 3.36. The van der Waals surface area contributed by atoms with E-state index in [-0.39, 0.29) is 24.7 Å². The second-order valence-electron chi connectivity index (χ2n) is 6.96. The first-order chi connectivity index (χ1) is 12.6. The van der Waals surface area contributed by atoms with Gasteiger partial charge in [0.25, 0.3) is 5.91 Å². The third-order valence-corrected chi connectivity index (χ3v) is 4.73. The van der Waals surface area contributed by atoms with Gasteiger partial charge >= 0.3 is 5.97 Å². The summed E-state index contributed by atoms with van der Waals surface area (Å²) in [6.45, 7) is 3.08. The van der Waals surface area contributed by atoms with Crippen molar-refractivity contribution < 1.29 is 23.8 Å². The number of nitrogens with zero attached hydrogens (tertiary/aromatic N) is 1. The maximum atomic E-state index is 12.5. The molecule has 2 unspecified atom stereocenters. The van der Waals surface area contributed by atoms with Gasteiger partial charge < -0.3 is 19.1 Å². The molecule has 0 bridgehead atoms. The van der Waals surface area contributed by atoms with Gasteiger partial charge in [0.05, 0.1) is 12.7 Å². The minimum absolute atomic E-state index is 0.0584. The van der Waals surface area contributed by atoms with Gasteiger partial charge in [0.15, 0.2) is 12.7 Å². The second kappa shape index (κ2) is 9.14. The predicted molar refractivity (Wildman–Crippen MR) is 95.4 cm³/mol. The highest BCUT2D eigenvalue weighted by atomic mass is 16.6. The summed E-state index contributed by atoms with van der Waals surface area (Å²) >= 11 is 0. The monoisotopic (exact) mass is 361 g/mol. The van der Waals surface area contributed by atoms with Crippen LogP contribution in [0, 0.1) is 0 Å². The second-order valence-corrected chi connectivity index (χ2v) is 6.96. The zero-order valence-corrected chi connectivity index (χ0v) is 15.3. The molecule has 1 saturated carbocycles. The average Bonchev–Trinajstić information content (AvgIpc) is 3.37. The smallest absolute Gasteiger partial charge is 0.335 e. The van der Waals surface area contributed by atoms with Crippen molar-refractivity contribution in [1.29, 1.82) is 0 Å². The van der Waals surface area contributed by atoms with E-state index in [1.165, 1.54) is 0 Å². The number of hydrogen-bond acceptors (Lipinski definition) is 5. The van der Waals surface area contributed by atoms with Gasteiger partial charge in [-0.2, -0.15) is 0 Å². The fourth-order valence-corrected chi connectivity index (χ4v) is 3.02. The summed E-state index contributed by atoms with van der Waals surface area (Å²) in [5.74, 6) is -0.664. The highest BCUT2D eigenvalue weighted by molar-refractivity contribution is 5.82. The number of hydrogen-bond donors (Lipinski definition) is 0. The molecule has 142 valence electrons. The van der Waals surface area contributed by atoms with E-state index in [0.29, 0.717) is 13.2 Å². The molecular formula is C20H27NO5. The normalized spacial score (nSPS) is 20.6. The van der Waals surface area contributed by atoms with Crippen LogP contribution in [0.4, 0.5) is 0 Å². The van der Waals surface area contributed by atoms with Gasteiger partial charge in [-0.05, 0) is 38.2 Å².